The SMILES string of the molecule is C=C(NC1CC1)c1cc(C(=O)NCCCCCCCN(C)CCO)cc(-c2cccc(-c3cc(NC(=O)Nc4c(Cl)cncc4Cl)c(=O)n(CC)n3)c2)c1. The van der Waals surface area contributed by atoms with E-state index in [2.05, 4.69) is 42.8 Å². The van der Waals surface area contributed by atoms with Gasteiger partial charge in [-0.05, 0) is 93.2 Å². The van der Waals surface area contributed by atoms with Crippen molar-refractivity contribution < 1.29 is 14.7 Å². The van der Waals surface area contributed by atoms with E-state index in [0.717, 1.165) is 73.9 Å². The predicted molar refractivity (Wildman–Crippen MR) is 217 cm³/mol. The zero-order chi connectivity index (χ0) is 38.6. The maximum Gasteiger partial charge on any atom is 0.323 e. The number of nitrogens with one attached hydrogen (secondary N) is 4. The lowest BCUT2D eigenvalue weighted by Crippen LogP contribution is -2.29. The largest absolute Gasteiger partial charge is 0.395 e. The fourth-order valence-electron chi connectivity index (χ4n) is 5.92. The van der Waals surface area contributed by atoms with Gasteiger partial charge in [-0.2, -0.15) is 5.10 Å². The Bertz CT molecular complexity index is 2000. The highest BCUT2D eigenvalue weighted by atomic mass is 35.5. The molecule has 1 aliphatic rings. The van der Waals surface area contributed by atoms with Gasteiger partial charge in [0, 0.05) is 54.9 Å². The number of halogens is 2. The topological polar surface area (TPSA) is 154 Å². The third-order valence-corrected chi connectivity index (χ3v) is 9.66. The van der Waals surface area contributed by atoms with Crippen molar-refractivity contribution in [2.45, 2.75) is 64.5 Å². The molecule has 1 aliphatic carbocycles. The summed E-state index contributed by atoms with van der Waals surface area (Å²) in [6.45, 7) is 8.75. The van der Waals surface area contributed by atoms with Gasteiger partial charge in [0.15, 0.2) is 0 Å². The van der Waals surface area contributed by atoms with E-state index in [1.54, 1.807) is 6.92 Å². The van der Waals surface area contributed by atoms with Crippen LogP contribution < -0.4 is 26.8 Å². The Hall–Kier alpha value is -4.75. The number of urea groups is 1. The van der Waals surface area contributed by atoms with E-state index in [-0.39, 0.29) is 40.5 Å². The molecule has 2 aromatic carbocycles. The number of benzene rings is 2. The molecular formula is C40H48Cl2N8O4. The molecule has 2 aromatic heterocycles. The second-order valence-corrected chi connectivity index (χ2v) is 14.3. The second-order valence-electron chi connectivity index (χ2n) is 13.4. The van der Waals surface area contributed by atoms with Gasteiger partial charge in [0.2, 0.25) is 0 Å². The fraction of sp³-hybridized carbons (Fsp3) is 0.375. The summed E-state index contributed by atoms with van der Waals surface area (Å²) < 4.78 is 1.28. The first-order chi connectivity index (χ1) is 26.1. The summed E-state index contributed by atoms with van der Waals surface area (Å²) in [5.41, 5.74) is 4.62. The molecule has 0 unspecified atom stereocenters. The van der Waals surface area contributed by atoms with Crippen LogP contribution in [-0.4, -0.2) is 76.0 Å². The van der Waals surface area contributed by atoms with Gasteiger partial charge in [-0.1, -0.05) is 67.2 Å². The Labute approximate surface area is 326 Å². The number of aliphatic hydroxyl groups is 1. The van der Waals surface area contributed by atoms with Gasteiger partial charge in [-0.3, -0.25) is 14.6 Å². The molecule has 1 saturated carbocycles. The molecule has 54 heavy (non-hydrogen) atoms. The summed E-state index contributed by atoms with van der Waals surface area (Å²) >= 11 is 12.3. The van der Waals surface area contributed by atoms with Crippen molar-refractivity contribution in [3.63, 3.8) is 0 Å². The number of aliphatic hydroxyl groups excluding tert-OH is 1. The normalized spacial score (nSPS) is 12.4. The van der Waals surface area contributed by atoms with Crippen molar-refractivity contribution >= 4 is 52.2 Å². The minimum absolute atomic E-state index is 0.0140. The average molecular weight is 776 g/mol. The molecule has 5 rings (SSSR count). The zero-order valence-corrected chi connectivity index (χ0v) is 32.3. The van der Waals surface area contributed by atoms with Crippen LogP contribution in [0.5, 0.6) is 0 Å². The van der Waals surface area contributed by atoms with Crippen molar-refractivity contribution in [3.8, 4) is 22.4 Å². The maximum absolute atomic E-state index is 13.5. The molecule has 0 atom stereocenters. The predicted octanol–water partition coefficient (Wildman–Crippen LogP) is 7.27. The molecule has 5 N–H and O–H groups in total. The number of rotatable bonds is 19. The molecule has 14 heteroatoms. The molecule has 0 radical (unpaired) electrons. The van der Waals surface area contributed by atoms with Crippen molar-refractivity contribution in [2.24, 2.45) is 0 Å². The van der Waals surface area contributed by atoms with E-state index in [9.17, 15) is 14.4 Å². The first-order valence-electron chi connectivity index (χ1n) is 18.3. The number of amides is 3. The highest BCUT2D eigenvalue weighted by Gasteiger charge is 2.22. The van der Waals surface area contributed by atoms with Gasteiger partial charge in [-0.25, -0.2) is 9.48 Å². The third kappa shape index (κ3) is 11.4. The van der Waals surface area contributed by atoms with Crippen LogP contribution in [0.3, 0.4) is 0 Å². The molecule has 4 aromatic rings. The molecule has 0 saturated heterocycles. The van der Waals surface area contributed by atoms with E-state index in [1.807, 2.05) is 49.5 Å². The number of carbonyl (C=O) groups is 2. The number of nitrogens with zero attached hydrogens (tertiary/aromatic N) is 4. The molecular weight excluding hydrogens is 727 g/mol. The molecule has 3 amide bonds. The highest BCUT2D eigenvalue weighted by molar-refractivity contribution is 6.39. The molecule has 1 fully saturated rings. The summed E-state index contributed by atoms with van der Waals surface area (Å²) in [5.74, 6) is -0.154. The van der Waals surface area contributed by atoms with E-state index in [4.69, 9.17) is 28.3 Å². The maximum atomic E-state index is 13.5. The molecule has 0 aliphatic heterocycles. The summed E-state index contributed by atoms with van der Waals surface area (Å²) in [6.07, 6.45) is 10.1. The van der Waals surface area contributed by atoms with Crippen LogP contribution in [0, 0.1) is 0 Å². The summed E-state index contributed by atoms with van der Waals surface area (Å²) in [7, 11) is 2.02. The van der Waals surface area contributed by atoms with E-state index in [0.29, 0.717) is 36.0 Å². The van der Waals surface area contributed by atoms with Crippen LogP contribution in [0.4, 0.5) is 16.2 Å². The Morgan fingerprint density at radius 2 is 1.63 bits per heavy atom. The summed E-state index contributed by atoms with van der Waals surface area (Å²) in [6, 6.07) is 14.6. The minimum Gasteiger partial charge on any atom is -0.395 e. The fourth-order valence-corrected chi connectivity index (χ4v) is 6.38. The van der Waals surface area contributed by atoms with Gasteiger partial charge in [0.1, 0.15) is 5.69 Å². The molecule has 286 valence electrons. The Kier molecular flexibility index (Phi) is 14.6. The lowest BCUT2D eigenvalue weighted by Gasteiger charge is -2.15. The lowest BCUT2D eigenvalue weighted by atomic mass is 9.96. The minimum atomic E-state index is -0.711. The second kappa shape index (κ2) is 19.5. The number of hydrogen-bond donors (Lipinski definition) is 5. The highest BCUT2D eigenvalue weighted by Crippen LogP contribution is 2.31. The first kappa shape index (κ1) is 40.4. The van der Waals surface area contributed by atoms with Gasteiger partial charge in [0.05, 0.1) is 28.0 Å². The van der Waals surface area contributed by atoms with Crippen LogP contribution >= 0.6 is 23.2 Å². The monoisotopic (exact) mass is 774 g/mol. The Balaban J connectivity index is 1.33. The summed E-state index contributed by atoms with van der Waals surface area (Å²) in [5, 5.41) is 25.7. The first-order valence-corrected chi connectivity index (χ1v) is 19.1. The molecule has 2 heterocycles. The number of carbonyl (C=O) groups excluding carboxylic acids is 2. The van der Waals surface area contributed by atoms with Crippen LogP contribution in [0.2, 0.25) is 10.0 Å². The number of likely N-dealkylation sites (N-methyl/N-ethyl adjacent to an activating group) is 1. The lowest BCUT2D eigenvalue weighted by molar-refractivity contribution is 0.0953. The Morgan fingerprint density at radius 1 is 0.926 bits per heavy atom. The van der Waals surface area contributed by atoms with Gasteiger partial charge in [0.25, 0.3) is 11.5 Å². The number of unbranched alkanes of at least 4 members (excludes halogenated alkanes) is 4. The average Bonchev–Trinajstić information content (AvgIpc) is 3.99. The van der Waals surface area contributed by atoms with Gasteiger partial charge < -0.3 is 31.3 Å². The van der Waals surface area contributed by atoms with Crippen LogP contribution in [0.25, 0.3) is 28.1 Å². The van der Waals surface area contributed by atoms with Crippen molar-refractivity contribution in [1.82, 2.24) is 30.3 Å². The van der Waals surface area contributed by atoms with Crippen molar-refractivity contribution in [2.75, 3.05) is 43.9 Å². The molecule has 12 nitrogen and oxygen atoms in total. The Morgan fingerprint density at radius 3 is 2.35 bits per heavy atom. The quantitative estimate of drug-likeness (QED) is 0.0624. The molecule has 0 spiro atoms. The van der Waals surface area contributed by atoms with Crippen LogP contribution in [0.15, 0.2) is 72.3 Å². The third-order valence-electron chi connectivity index (χ3n) is 9.09. The number of pyridine rings is 1. The standard InChI is InChI=1S/C40H48Cl2N8O4/c1-4-50-39(53)36(46-40(54)47-37-33(41)24-43-25-34(37)42)23-35(48-50)28-12-10-11-27(19-28)30-20-29(26(2)45-32-13-14-32)21-31(22-30)38(52)44-15-8-6-5-7-9-16-49(3)17-18-51/h10-12,19-25,32,45,51H,2,4-9,13-18H2,1,3H3,(H,44,52)(H2,43,46,47,54). The zero-order valence-electron chi connectivity index (χ0n) is 30.8. The van der Waals surface area contributed by atoms with Gasteiger partial charge in [-0.15, -0.1) is 0 Å². The number of anilines is 2. The number of aryl methyl sites for hydroxylation is 1. The van der Waals surface area contributed by atoms with E-state index < -0.39 is 11.6 Å². The smallest absolute Gasteiger partial charge is 0.323 e. The van der Waals surface area contributed by atoms with Crippen molar-refractivity contribution in [3.05, 3.63) is 99.0 Å². The summed E-state index contributed by atoms with van der Waals surface area (Å²) in [4.78, 5) is 45.7. The number of aromatic nitrogens is 3. The number of hydrogen-bond acceptors (Lipinski definition) is 8. The van der Waals surface area contributed by atoms with E-state index >= 15 is 0 Å². The van der Waals surface area contributed by atoms with Gasteiger partial charge >= 0.3 is 6.03 Å². The van der Waals surface area contributed by atoms with Crippen LogP contribution in [-0.2, 0) is 6.54 Å². The van der Waals surface area contributed by atoms with E-state index in [1.165, 1.54) is 23.1 Å². The van der Waals surface area contributed by atoms with Crippen molar-refractivity contribution in [1.29, 1.82) is 0 Å². The molecule has 0 bridgehead atoms. The van der Waals surface area contributed by atoms with Crippen LogP contribution in [0.1, 0.15) is 67.8 Å².